The molecular formula is C13H11N3O2. The number of ether oxygens (including phenoxy) is 2. The molecule has 0 amide bonds. The molecule has 1 aromatic carbocycles. The van der Waals surface area contributed by atoms with E-state index in [0.29, 0.717) is 28.6 Å². The summed E-state index contributed by atoms with van der Waals surface area (Å²) in [6.07, 6.45) is 1.50. The zero-order valence-corrected chi connectivity index (χ0v) is 9.75. The van der Waals surface area contributed by atoms with E-state index < -0.39 is 0 Å². The minimum Gasteiger partial charge on any atom is -0.497 e. The molecule has 5 nitrogen and oxygen atoms in total. The van der Waals surface area contributed by atoms with Crippen LogP contribution >= 0.6 is 0 Å². The lowest BCUT2D eigenvalue weighted by Crippen LogP contribution is -1.95. The quantitative estimate of drug-likeness (QED) is 0.834. The first-order valence-electron chi connectivity index (χ1n) is 5.20. The van der Waals surface area contributed by atoms with Crippen LogP contribution in [0.1, 0.15) is 5.56 Å². The van der Waals surface area contributed by atoms with Crippen molar-refractivity contribution in [2.75, 3.05) is 12.8 Å². The summed E-state index contributed by atoms with van der Waals surface area (Å²) in [5.41, 5.74) is 6.73. The fourth-order valence-electron chi connectivity index (χ4n) is 1.38. The molecule has 0 saturated carbocycles. The van der Waals surface area contributed by atoms with Crippen molar-refractivity contribution < 1.29 is 9.47 Å². The average molecular weight is 241 g/mol. The Kier molecular flexibility index (Phi) is 3.30. The topological polar surface area (TPSA) is 81.2 Å². The van der Waals surface area contributed by atoms with E-state index in [0.717, 1.165) is 0 Å². The maximum absolute atomic E-state index is 8.79. The van der Waals surface area contributed by atoms with E-state index in [1.807, 2.05) is 6.07 Å². The molecule has 0 aliphatic carbocycles. The van der Waals surface area contributed by atoms with Crippen molar-refractivity contribution in [2.24, 2.45) is 0 Å². The van der Waals surface area contributed by atoms with E-state index in [1.54, 1.807) is 37.4 Å². The molecule has 0 atom stereocenters. The van der Waals surface area contributed by atoms with Crippen LogP contribution in [0.2, 0.25) is 0 Å². The number of benzene rings is 1. The van der Waals surface area contributed by atoms with Crippen LogP contribution in [0, 0.1) is 11.3 Å². The van der Waals surface area contributed by atoms with Crippen molar-refractivity contribution in [1.29, 1.82) is 5.26 Å². The van der Waals surface area contributed by atoms with Crippen molar-refractivity contribution in [3.63, 3.8) is 0 Å². The zero-order chi connectivity index (χ0) is 13.0. The molecule has 0 bridgehead atoms. The van der Waals surface area contributed by atoms with Gasteiger partial charge in [-0.3, -0.25) is 0 Å². The summed E-state index contributed by atoms with van der Waals surface area (Å²) >= 11 is 0. The fourth-order valence-corrected chi connectivity index (χ4v) is 1.38. The van der Waals surface area contributed by atoms with Gasteiger partial charge in [0.2, 0.25) is 5.88 Å². The van der Waals surface area contributed by atoms with Gasteiger partial charge in [0.1, 0.15) is 5.75 Å². The van der Waals surface area contributed by atoms with Crippen molar-refractivity contribution in [3.8, 4) is 23.4 Å². The Hall–Kier alpha value is -2.74. The molecule has 0 saturated heterocycles. The van der Waals surface area contributed by atoms with Crippen LogP contribution in [0.25, 0.3) is 0 Å². The molecule has 1 heterocycles. The second-order valence-corrected chi connectivity index (χ2v) is 3.50. The molecule has 2 rings (SSSR count). The third kappa shape index (κ3) is 2.50. The van der Waals surface area contributed by atoms with Gasteiger partial charge < -0.3 is 15.2 Å². The Bertz CT molecular complexity index is 605. The number of hydrogen-bond donors (Lipinski definition) is 1. The SMILES string of the molecule is COc1ccc(N)c(Oc2cc(C#N)ccn2)c1. The van der Waals surface area contributed by atoms with Gasteiger partial charge >= 0.3 is 0 Å². The number of aromatic nitrogens is 1. The predicted molar refractivity (Wildman–Crippen MR) is 66.4 cm³/mol. The number of nitriles is 1. The third-order valence-electron chi connectivity index (χ3n) is 2.30. The van der Waals surface area contributed by atoms with Gasteiger partial charge in [-0.25, -0.2) is 4.98 Å². The molecule has 90 valence electrons. The molecule has 0 aliphatic rings. The number of nitrogens with zero attached hydrogens (tertiary/aromatic N) is 2. The summed E-state index contributed by atoms with van der Waals surface area (Å²) in [4.78, 5) is 4.01. The summed E-state index contributed by atoms with van der Waals surface area (Å²) in [7, 11) is 1.56. The molecule has 0 spiro atoms. The molecule has 0 radical (unpaired) electrons. The zero-order valence-electron chi connectivity index (χ0n) is 9.75. The first-order valence-corrected chi connectivity index (χ1v) is 5.20. The van der Waals surface area contributed by atoms with Crippen LogP contribution in [0.4, 0.5) is 5.69 Å². The standard InChI is InChI=1S/C13H11N3O2/c1-17-10-2-3-11(15)12(7-10)18-13-6-9(8-14)4-5-16-13/h2-7H,15H2,1H3. The Balaban J connectivity index is 2.30. The molecule has 2 N–H and O–H groups in total. The van der Waals surface area contributed by atoms with Crippen LogP contribution in [-0.2, 0) is 0 Å². The van der Waals surface area contributed by atoms with E-state index in [1.165, 1.54) is 6.20 Å². The van der Waals surface area contributed by atoms with E-state index >= 15 is 0 Å². The Labute approximate surface area is 104 Å². The average Bonchev–Trinajstić information content (AvgIpc) is 2.41. The lowest BCUT2D eigenvalue weighted by molar-refractivity contribution is 0.408. The van der Waals surface area contributed by atoms with Gasteiger partial charge in [-0.15, -0.1) is 0 Å². The highest BCUT2D eigenvalue weighted by Crippen LogP contribution is 2.30. The van der Waals surface area contributed by atoms with Crippen LogP contribution in [0.5, 0.6) is 17.4 Å². The lowest BCUT2D eigenvalue weighted by Gasteiger charge is -2.09. The highest BCUT2D eigenvalue weighted by atomic mass is 16.5. The second-order valence-electron chi connectivity index (χ2n) is 3.50. The molecular weight excluding hydrogens is 230 g/mol. The predicted octanol–water partition coefficient (Wildman–Crippen LogP) is 2.34. The number of hydrogen-bond acceptors (Lipinski definition) is 5. The molecule has 0 unspecified atom stereocenters. The number of nitrogen functional groups attached to an aromatic ring is 1. The molecule has 0 fully saturated rings. The number of nitrogens with two attached hydrogens (primary N) is 1. The van der Waals surface area contributed by atoms with E-state index in [4.69, 9.17) is 20.5 Å². The smallest absolute Gasteiger partial charge is 0.220 e. The fraction of sp³-hybridized carbons (Fsp3) is 0.0769. The van der Waals surface area contributed by atoms with Crippen LogP contribution in [0.3, 0.4) is 0 Å². The van der Waals surface area contributed by atoms with E-state index in [-0.39, 0.29) is 0 Å². The van der Waals surface area contributed by atoms with Gasteiger partial charge in [0.25, 0.3) is 0 Å². The summed E-state index contributed by atoms with van der Waals surface area (Å²) in [5.74, 6) is 1.39. The van der Waals surface area contributed by atoms with E-state index in [9.17, 15) is 0 Å². The van der Waals surface area contributed by atoms with Crippen molar-refractivity contribution in [1.82, 2.24) is 4.98 Å². The number of anilines is 1. The lowest BCUT2D eigenvalue weighted by atomic mass is 10.2. The van der Waals surface area contributed by atoms with Gasteiger partial charge in [0.05, 0.1) is 24.4 Å². The molecule has 2 aromatic rings. The number of rotatable bonds is 3. The minimum atomic E-state index is 0.314. The molecule has 18 heavy (non-hydrogen) atoms. The van der Waals surface area contributed by atoms with Crippen molar-refractivity contribution in [3.05, 3.63) is 42.1 Å². The molecule has 5 heteroatoms. The minimum absolute atomic E-state index is 0.314. The van der Waals surface area contributed by atoms with Gasteiger partial charge in [-0.05, 0) is 18.2 Å². The Morgan fingerprint density at radius 2 is 2.11 bits per heavy atom. The first-order chi connectivity index (χ1) is 8.72. The van der Waals surface area contributed by atoms with Gasteiger partial charge in [0.15, 0.2) is 5.75 Å². The first kappa shape index (κ1) is 11.7. The summed E-state index contributed by atoms with van der Waals surface area (Å²) < 4.78 is 10.6. The summed E-state index contributed by atoms with van der Waals surface area (Å²) in [6.45, 7) is 0. The molecule has 0 aliphatic heterocycles. The van der Waals surface area contributed by atoms with Gasteiger partial charge in [-0.2, -0.15) is 5.26 Å². The van der Waals surface area contributed by atoms with Crippen LogP contribution < -0.4 is 15.2 Å². The summed E-state index contributed by atoms with van der Waals surface area (Å²) in [6, 6.07) is 10.2. The van der Waals surface area contributed by atoms with Crippen LogP contribution in [0.15, 0.2) is 36.5 Å². The van der Waals surface area contributed by atoms with E-state index in [2.05, 4.69) is 4.98 Å². The normalized spacial score (nSPS) is 9.56. The maximum atomic E-state index is 8.79. The monoisotopic (exact) mass is 241 g/mol. The summed E-state index contributed by atoms with van der Waals surface area (Å²) in [5, 5.41) is 8.79. The van der Waals surface area contributed by atoms with Crippen LogP contribution in [-0.4, -0.2) is 12.1 Å². The maximum Gasteiger partial charge on any atom is 0.220 e. The third-order valence-corrected chi connectivity index (χ3v) is 2.30. The molecule has 1 aromatic heterocycles. The number of pyridine rings is 1. The second kappa shape index (κ2) is 5.06. The largest absolute Gasteiger partial charge is 0.497 e. The Morgan fingerprint density at radius 1 is 1.28 bits per heavy atom. The van der Waals surface area contributed by atoms with Crippen molar-refractivity contribution >= 4 is 5.69 Å². The highest BCUT2D eigenvalue weighted by Gasteiger charge is 2.05. The number of methoxy groups -OCH3 is 1. The Morgan fingerprint density at radius 3 is 2.83 bits per heavy atom. The van der Waals surface area contributed by atoms with Gasteiger partial charge in [0, 0.05) is 18.3 Å². The van der Waals surface area contributed by atoms with Crippen molar-refractivity contribution in [2.45, 2.75) is 0 Å². The highest BCUT2D eigenvalue weighted by molar-refractivity contribution is 5.56. The van der Waals surface area contributed by atoms with Gasteiger partial charge in [-0.1, -0.05) is 0 Å².